The predicted molar refractivity (Wildman–Crippen MR) is 104 cm³/mol. The highest BCUT2D eigenvalue weighted by Crippen LogP contribution is 2.32. The third-order valence-corrected chi connectivity index (χ3v) is 6.17. The Bertz CT molecular complexity index is 581. The van der Waals surface area contributed by atoms with Crippen LogP contribution in [-0.4, -0.2) is 55.0 Å². The maximum absolute atomic E-state index is 4.55. The average Bonchev–Trinajstić information content (AvgIpc) is 3.48. The fourth-order valence-corrected chi connectivity index (χ4v) is 4.60. The van der Waals surface area contributed by atoms with E-state index in [1.807, 2.05) is 7.05 Å². The van der Waals surface area contributed by atoms with Crippen LogP contribution < -0.4 is 5.32 Å². The van der Waals surface area contributed by atoms with Gasteiger partial charge in [0, 0.05) is 39.3 Å². The monoisotopic (exact) mass is 340 g/mol. The summed E-state index contributed by atoms with van der Waals surface area (Å²) in [5, 5.41) is 3.61. The maximum atomic E-state index is 4.55. The zero-order valence-electron chi connectivity index (χ0n) is 15.5. The Hall–Kier alpha value is -1.55. The van der Waals surface area contributed by atoms with Gasteiger partial charge in [-0.25, -0.2) is 0 Å². The van der Waals surface area contributed by atoms with Gasteiger partial charge in [0.1, 0.15) is 0 Å². The molecule has 136 valence electrons. The Morgan fingerprint density at radius 3 is 2.72 bits per heavy atom. The Morgan fingerprint density at radius 1 is 1.12 bits per heavy atom. The maximum Gasteiger partial charge on any atom is 0.193 e. The fourth-order valence-electron chi connectivity index (χ4n) is 4.60. The Morgan fingerprint density at radius 2 is 1.96 bits per heavy atom. The van der Waals surface area contributed by atoms with Crippen LogP contribution in [0.25, 0.3) is 0 Å². The molecule has 1 aliphatic carbocycles. The van der Waals surface area contributed by atoms with Gasteiger partial charge in [-0.2, -0.15) is 0 Å². The number of fused-ring (bicyclic) bond motifs is 1. The van der Waals surface area contributed by atoms with Crippen molar-refractivity contribution < 1.29 is 0 Å². The largest absolute Gasteiger partial charge is 0.356 e. The number of hydrogen-bond donors (Lipinski definition) is 1. The highest BCUT2D eigenvalue weighted by Gasteiger charge is 2.36. The minimum absolute atomic E-state index is 0.742. The van der Waals surface area contributed by atoms with Gasteiger partial charge >= 0.3 is 0 Å². The van der Waals surface area contributed by atoms with E-state index in [2.05, 4.69) is 50.4 Å². The topological polar surface area (TPSA) is 30.9 Å². The summed E-state index contributed by atoms with van der Waals surface area (Å²) in [7, 11) is 1.93. The van der Waals surface area contributed by atoms with Gasteiger partial charge in [-0.1, -0.05) is 30.3 Å². The molecule has 0 bridgehead atoms. The first-order chi connectivity index (χ1) is 12.3. The molecule has 4 nitrogen and oxygen atoms in total. The molecule has 2 atom stereocenters. The molecular formula is C21H32N4. The van der Waals surface area contributed by atoms with Crippen molar-refractivity contribution in [1.82, 2.24) is 15.1 Å². The van der Waals surface area contributed by atoms with Gasteiger partial charge < -0.3 is 10.2 Å². The molecule has 2 unspecified atom stereocenters. The van der Waals surface area contributed by atoms with Crippen LogP contribution in [0.2, 0.25) is 0 Å². The minimum atomic E-state index is 0.742. The molecular weight excluding hydrogens is 308 g/mol. The number of hydrogen-bond acceptors (Lipinski definition) is 2. The second-order valence-corrected chi connectivity index (χ2v) is 8.03. The van der Waals surface area contributed by atoms with E-state index in [4.69, 9.17) is 0 Å². The molecule has 0 aromatic heterocycles. The van der Waals surface area contributed by atoms with E-state index in [0.29, 0.717) is 0 Å². The number of likely N-dealkylation sites (tertiary alicyclic amines) is 2. The molecule has 1 aromatic carbocycles. The quantitative estimate of drug-likeness (QED) is 0.675. The summed E-state index contributed by atoms with van der Waals surface area (Å²) >= 11 is 0. The van der Waals surface area contributed by atoms with E-state index in [-0.39, 0.29) is 0 Å². The number of nitrogens with one attached hydrogen (secondary N) is 1. The lowest BCUT2D eigenvalue weighted by Gasteiger charge is -2.48. The minimum Gasteiger partial charge on any atom is -0.356 e. The molecule has 2 saturated heterocycles. The van der Waals surface area contributed by atoms with Crippen molar-refractivity contribution in [2.75, 3.05) is 33.2 Å². The van der Waals surface area contributed by atoms with Crippen molar-refractivity contribution in [1.29, 1.82) is 0 Å². The number of piperidine rings is 2. The van der Waals surface area contributed by atoms with Crippen LogP contribution in [0, 0.1) is 11.8 Å². The molecule has 1 aromatic rings. The third-order valence-electron chi connectivity index (χ3n) is 6.17. The first-order valence-corrected chi connectivity index (χ1v) is 10.1. The van der Waals surface area contributed by atoms with Gasteiger partial charge in [-0.05, 0) is 56.0 Å². The lowest BCUT2D eigenvalue weighted by Crippen LogP contribution is -2.56. The first-order valence-electron chi connectivity index (χ1n) is 10.1. The van der Waals surface area contributed by atoms with Crippen molar-refractivity contribution in [2.45, 2.75) is 44.7 Å². The molecule has 2 aliphatic heterocycles. The van der Waals surface area contributed by atoms with Crippen LogP contribution in [0.5, 0.6) is 0 Å². The molecule has 3 fully saturated rings. The van der Waals surface area contributed by atoms with Crippen LogP contribution in [0.4, 0.5) is 0 Å². The van der Waals surface area contributed by atoms with E-state index in [1.54, 1.807) is 0 Å². The molecule has 4 heteroatoms. The molecule has 0 spiro atoms. The van der Waals surface area contributed by atoms with Gasteiger partial charge in [0.2, 0.25) is 0 Å². The van der Waals surface area contributed by atoms with Gasteiger partial charge in [0.15, 0.2) is 5.96 Å². The number of guanidine groups is 1. The number of nitrogens with zero attached hydrogens (tertiary/aromatic N) is 3. The molecule has 1 saturated carbocycles. The Kier molecular flexibility index (Phi) is 5.25. The summed E-state index contributed by atoms with van der Waals surface area (Å²) in [6, 6.07) is 11.7. The van der Waals surface area contributed by atoms with Crippen molar-refractivity contribution in [3.05, 3.63) is 35.9 Å². The molecule has 4 rings (SSSR count). The van der Waals surface area contributed by atoms with Crippen LogP contribution in [0.3, 0.4) is 0 Å². The smallest absolute Gasteiger partial charge is 0.193 e. The first kappa shape index (κ1) is 16.9. The highest BCUT2D eigenvalue weighted by atomic mass is 15.3. The normalized spacial score (nSPS) is 27.9. The van der Waals surface area contributed by atoms with Gasteiger partial charge in [0.25, 0.3) is 0 Å². The van der Waals surface area contributed by atoms with Crippen molar-refractivity contribution >= 4 is 5.96 Å². The Balaban J connectivity index is 1.36. The van der Waals surface area contributed by atoms with Crippen molar-refractivity contribution in [3.8, 4) is 0 Å². The zero-order valence-corrected chi connectivity index (χ0v) is 15.5. The van der Waals surface area contributed by atoms with Gasteiger partial charge in [0.05, 0.1) is 0 Å². The lowest BCUT2D eigenvalue weighted by molar-refractivity contribution is 0.0372. The SMILES string of the molecule is CN=C(NCC1CC1)N1CCC2C(CCCN2Cc2ccccc2)C1. The summed E-state index contributed by atoms with van der Waals surface area (Å²) in [4.78, 5) is 9.80. The summed E-state index contributed by atoms with van der Waals surface area (Å²) in [6.07, 6.45) is 6.75. The third kappa shape index (κ3) is 4.17. The van der Waals surface area contributed by atoms with Gasteiger partial charge in [-0.3, -0.25) is 9.89 Å². The van der Waals surface area contributed by atoms with Gasteiger partial charge in [-0.15, -0.1) is 0 Å². The highest BCUT2D eigenvalue weighted by molar-refractivity contribution is 5.80. The number of rotatable bonds is 4. The van der Waals surface area contributed by atoms with Crippen molar-refractivity contribution in [2.24, 2.45) is 16.8 Å². The van der Waals surface area contributed by atoms with Crippen LogP contribution in [0.1, 0.15) is 37.7 Å². The summed E-state index contributed by atoms with van der Waals surface area (Å²) in [6.45, 7) is 5.77. The zero-order chi connectivity index (χ0) is 17.1. The van der Waals surface area contributed by atoms with E-state index in [9.17, 15) is 0 Å². The van der Waals surface area contributed by atoms with Crippen LogP contribution in [-0.2, 0) is 6.54 Å². The molecule has 0 radical (unpaired) electrons. The van der Waals surface area contributed by atoms with E-state index in [1.165, 1.54) is 50.8 Å². The molecule has 0 amide bonds. The van der Waals surface area contributed by atoms with Crippen molar-refractivity contribution in [3.63, 3.8) is 0 Å². The standard InChI is InChI=1S/C21H32N4/c1-22-21(23-14-17-9-10-17)25-13-11-20-19(16-25)8-5-12-24(20)15-18-6-3-2-4-7-18/h2-4,6-7,17,19-20H,5,8-16H2,1H3,(H,22,23). The summed E-state index contributed by atoms with van der Waals surface area (Å²) in [5.74, 6) is 2.81. The molecule has 2 heterocycles. The van der Waals surface area contributed by atoms with E-state index >= 15 is 0 Å². The fraction of sp³-hybridized carbons (Fsp3) is 0.667. The van der Waals surface area contributed by atoms with Crippen LogP contribution >= 0.6 is 0 Å². The molecule has 3 aliphatic rings. The molecule has 1 N–H and O–H groups in total. The van der Waals surface area contributed by atoms with Crippen LogP contribution in [0.15, 0.2) is 35.3 Å². The molecule has 25 heavy (non-hydrogen) atoms. The average molecular weight is 341 g/mol. The number of aliphatic imine (C=N–C) groups is 1. The Labute approximate surface area is 152 Å². The van der Waals surface area contributed by atoms with E-state index in [0.717, 1.165) is 43.5 Å². The predicted octanol–water partition coefficient (Wildman–Crippen LogP) is 2.96. The summed E-state index contributed by atoms with van der Waals surface area (Å²) < 4.78 is 0. The second-order valence-electron chi connectivity index (χ2n) is 8.03. The number of benzene rings is 1. The lowest BCUT2D eigenvalue weighted by atomic mass is 9.83. The van der Waals surface area contributed by atoms with E-state index < -0.39 is 0 Å². The summed E-state index contributed by atoms with van der Waals surface area (Å²) in [5.41, 5.74) is 1.45. The second kappa shape index (κ2) is 7.77.